The Morgan fingerprint density at radius 3 is 2.80 bits per heavy atom. The van der Waals surface area contributed by atoms with Gasteiger partial charge in [-0.1, -0.05) is 6.07 Å². The molecule has 0 unspecified atom stereocenters. The summed E-state index contributed by atoms with van der Waals surface area (Å²) < 4.78 is 13.1. The Morgan fingerprint density at radius 2 is 2.27 bits per heavy atom. The lowest BCUT2D eigenvalue weighted by molar-refractivity contribution is 0.0922. The van der Waals surface area contributed by atoms with Crippen LogP contribution in [0.4, 0.5) is 4.39 Å². The molecule has 3 nitrogen and oxygen atoms in total. The molecule has 0 aliphatic rings. The minimum atomic E-state index is -0.403. The van der Waals surface area contributed by atoms with Crippen molar-refractivity contribution in [2.45, 2.75) is 19.9 Å². The Labute approximate surface area is 87.9 Å². The first kappa shape index (κ1) is 11.7. The molecule has 0 bridgehead atoms. The van der Waals surface area contributed by atoms with Crippen molar-refractivity contribution in [3.8, 4) is 0 Å². The Hall–Kier alpha value is -1.42. The number of hydrogen-bond acceptors (Lipinski definition) is 2. The molecule has 0 saturated carbocycles. The van der Waals surface area contributed by atoms with E-state index >= 15 is 0 Å². The van der Waals surface area contributed by atoms with Gasteiger partial charge in [0.2, 0.25) is 0 Å². The van der Waals surface area contributed by atoms with Crippen molar-refractivity contribution in [1.82, 2.24) is 5.32 Å². The van der Waals surface area contributed by atoms with Crippen molar-refractivity contribution in [2.24, 2.45) is 0 Å². The molecule has 0 saturated heterocycles. The molecule has 1 aromatic rings. The van der Waals surface area contributed by atoms with Gasteiger partial charge in [-0.25, -0.2) is 4.39 Å². The van der Waals surface area contributed by atoms with Gasteiger partial charge in [0, 0.05) is 11.6 Å². The lowest BCUT2D eigenvalue weighted by Gasteiger charge is -2.10. The second-order valence-electron chi connectivity index (χ2n) is 3.52. The standard InChI is InChI=1S/C11H14FNO2/c1-7-3-4-9(5-10(7)12)11(15)13-8(2)6-14/h3-5,8,14H,6H2,1-2H3,(H,13,15)/t8-/m0/s1. The molecule has 0 radical (unpaired) electrons. The summed E-state index contributed by atoms with van der Waals surface area (Å²) in [6.45, 7) is 3.16. The van der Waals surface area contributed by atoms with Gasteiger partial charge in [-0.3, -0.25) is 4.79 Å². The minimum Gasteiger partial charge on any atom is -0.394 e. The number of aliphatic hydroxyl groups excluding tert-OH is 1. The molecule has 0 spiro atoms. The third-order valence-corrected chi connectivity index (χ3v) is 2.09. The minimum absolute atomic E-state index is 0.139. The van der Waals surface area contributed by atoms with E-state index in [4.69, 9.17) is 5.11 Å². The lowest BCUT2D eigenvalue weighted by Crippen LogP contribution is -2.35. The summed E-state index contributed by atoms with van der Waals surface area (Å²) in [5.74, 6) is -0.783. The van der Waals surface area contributed by atoms with Crippen molar-refractivity contribution < 1.29 is 14.3 Å². The van der Waals surface area contributed by atoms with E-state index in [1.807, 2.05) is 0 Å². The first-order chi connectivity index (χ1) is 7.04. The summed E-state index contributed by atoms with van der Waals surface area (Å²) in [6, 6.07) is 3.96. The molecule has 1 aromatic carbocycles. The second-order valence-corrected chi connectivity index (χ2v) is 3.52. The van der Waals surface area contributed by atoms with E-state index < -0.39 is 5.82 Å². The maximum Gasteiger partial charge on any atom is 0.251 e. The number of halogens is 1. The highest BCUT2D eigenvalue weighted by Crippen LogP contribution is 2.09. The number of nitrogens with one attached hydrogen (secondary N) is 1. The number of carbonyl (C=O) groups excluding carboxylic acids is 1. The van der Waals surface area contributed by atoms with Crippen LogP contribution in [-0.4, -0.2) is 23.7 Å². The molecule has 1 rings (SSSR count). The van der Waals surface area contributed by atoms with E-state index in [9.17, 15) is 9.18 Å². The Morgan fingerprint density at radius 1 is 1.60 bits per heavy atom. The molecular formula is C11H14FNO2. The van der Waals surface area contributed by atoms with Crippen molar-refractivity contribution in [2.75, 3.05) is 6.61 Å². The van der Waals surface area contributed by atoms with E-state index in [-0.39, 0.29) is 24.1 Å². The van der Waals surface area contributed by atoms with Gasteiger partial charge in [-0.15, -0.1) is 0 Å². The summed E-state index contributed by atoms with van der Waals surface area (Å²) in [5.41, 5.74) is 0.764. The van der Waals surface area contributed by atoms with Crippen LogP contribution in [0.5, 0.6) is 0 Å². The molecule has 82 valence electrons. The summed E-state index contributed by atoms with van der Waals surface area (Å²) in [6.07, 6.45) is 0. The molecule has 1 atom stereocenters. The zero-order chi connectivity index (χ0) is 11.4. The third-order valence-electron chi connectivity index (χ3n) is 2.09. The van der Waals surface area contributed by atoms with Gasteiger partial charge in [0.15, 0.2) is 0 Å². The van der Waals surface area contributed by atoms with Gasteiger partial charge < -0.3 is 10.4 Å². The maximum absolute atomic E-state index is 13.1. The van der Waals surface area contributed by atoms with Crippen LogP contribution in [0.25, 0.3) is 0 Å². The molecule has 0 aromatic heterocycles. The van der Waals surface area contributed by atoms with Crippen molar-refractivity contribution in [3.05, 3.63) is 35.1 Å². The lowest BCUT2D eigenvalue weighted by atomic mass is 10.1. The molecule has 0 aliphatic heterocycles. The van der Waals surface area contributed by atoms with E-state index in [0.29, 0.717) is 5.56 Å². The number of hydrogen-bond donors (Lipinski definition) is 2. The fourth-order valence-electron chi connectivity index (χ4n) is 1.09. The quantitative estimate of drug-likeness (QED) is 0.790. The topological polar surface area (TPSA) is 49.3 Å². The Kier molecular flexibility index (Phi) is 3.80. The molecule has 4 heteroatoms. The van der Waals surface area contributed by atoms with Gasteiger partial charge in [0.25, 0.3) is 5.91 Å². The average molecular weight is 211 g/mol. The van der Waals surface area contributed by atoms with Crippen LogP contribution < -0.4 is 5.32 Å². The summed E-state index contributed by atoms with van der Waals surface area (Å²) in [7, 11) is 0. The molecule has 0 aliphatic carbocycles. The predicted octanol–water partition coefficient (Wildman–Crippen LogP) is 1.24. The van der Waals surface area contributed by atoms with Crippen molar-refractivity contribution in [3.63, 3.8) is 0 Å². The fourth-order valence-corrected chi connectivity index (χ4v) is 1.09. The Balaban J connectivity index is 2.78. The molecular weight excluding hydrogens is 197 g/mol. The van der Waals surface area contributed by atoms with E-state index in [2.05, 4.69) is 5.32 Å². The highest BCUT2D eigenvalue weighted by molar-refractivity contribution is 5.94. The third kappa shape index (κ3) is 3.02. The number of benzene rings is 1. The number of amides is 1. The SMILES string of the molecule is Cc1ccc(C(=O)N[C@@H](C)CO)cc1F. The van der Waals surface area contributed by atoms with Gasteiger partial charge in [-0.2, -0.15) is 0 Å². The number of carbonyl (C=O) groups is 1. The smallest absolute Gasteiger partial charge is 0.251 e. The highest BCUT2D eigenvalue weighted by Gasteiger charge is 2.10. The van der Waals surface area contributed by atoms with E-state index in [1.54, 1.807) is 26.0 Å². The largest absolute Gasteiger partial charge is 0.394 e. The number of aliphatic hydroxyl groups is 1. The molecule has 0 heterocycles. The molecule has 15 heavy (non-hydrogen) atoms. The summed E-state index contributed by atoms with van der Waals surface area (Å²) in [5, 5.41) is 11.3. The van der Waals surface area contributed by atoms with E-state index in [1.165, 1.54) is 6.07 Å². The summed E-state index contributed by atoms with van der Waals surface area (Å²) in [4.78, 5) is 11.5. The molecule has 2 N–H and O–H groups in total. The molecule has 0 fully saturated rings. The number of aryl methyl sites for hydroxylation is 1. The maximum atomic E-state index is 13.1. The van der Waals surface area contributed by atoms with E-state index in [0.717, 1.165) is 0 Å². The average Bonchev–Trinajstić information content (AvgIpc) is 2.21. The van der Waals surface area contributed by atoms with Gasteiger partial charge >= 0.3 is 0 Å². The highest BCUT2D eigenvalue weighted by atomic mass is 19.1. The predicted molar refractivity (Wildman–Crippen MR) is 55.2 cm³/mol. The van der Waals surface area contributed by atoms with Crippen LogP contribution in [0.2, 0.25) is 0 Å². The van der Waals surface area contributed by atoms with Crippen molar-refractivity contribution >= 4 is 5.91 Å². The zero-order valence-corrected chi connectivity index (χ0v) is 8.75. The first-order valence-electron chi connectivity index (χ1n) is 4.72. The van der Waals surface area contributed by atoms with Crippen LogP contribution in [0.3, 0.4) is 0 Å². The monoisotopic (exact) mass is 211 g/mol. The van der Waals surface area contributed by atoms with Crippen LogP contribution in [-0.2, 0) is 0 Å². The van der Waals surface area contributed by atoms with Crippen LogP contribution >= 0.6 is 0 Å². The molecule has 1 amide bonds. The summed E-state index contributed by atoms with van der Waals surface area (Å²) >= 11 is 0. The normalized spacial score (nSPS) is 12.3. The van der Waals surface area contributed by atoms with Gasteiger partial charge in [0.1, 0.15) is 5.82 Å². The fraction of sp³-hybridized carbons (Fsp3) is 0.364. The van der Waals surface area contributed by atoms with Gasteiger partial charge in [0.05, 0.1) is 6.61 Å². The Bertz CT molecular complexity index is 366. The number of rotatable bonds is 3. The van der Waals surface area contributed by atoms with Crippen LogP contribution in [0, 0.1) is 12.7 Å². The van der Waals surface area contributed by atoms with Gasteiger partial charge in [-0.05, 0) is 31.5 Å². The zero-order valence-electron chi connectivity index (χ0n) is 8.75. The van der Waals surface area contributed by atoms with Crippen molar-refractivity contribution in [1.29, 1.82) is 0 Å². The second kappa shape index (κ2) is 4.89. The first-order valence-corrected chi connectivity index (χ1v) is 4.72. The van der Waals surface area contributed by atoms with Crippen LogP contribution in [0.1, 0.15) is 22.8 Å². The van der Waals surface area contributed by atoms with Crippen LogP contribution in [0.15, 0.2) is 18.2 Å².